The van der Waals surface area contributed by atoms with Crippen molar-refractivity contribution < 1.29 is 23.9 Å². The number of carboxylic acids is 1. The van der Waals surface area contributed by atoms with Crippen LogP contribution in [0.3, 0.4) is 0 Å². The third-order valence-corrected chi connectivity index (χ3v) is 4.24. The Morgan fingerprint density at radius 1 is 1.00 bits per heavy atom. The second-order valence-electron chi connectivity index (χ2n) is 6.32. The molecule has 0 unspecified atom stereocenters. The normalized spacial score (nSPS) is 12.7. The van der Waals surface area contributed by atoms with Crippen molar-refractivity contribution >= 4 is 29.4 Å². The zero-order valence-electron chi connectivity index (χ0n) is 15.1. The molecule has 2 amide bonds. The molecule has 0 bridgehead atoms. The number of nitrogens with one attached hydrogen (secondary N) is 2. The fourth-order valence-electron chi connectivity index (χ4n) is 2.68. The summed E-state index contributed by atoms with van der Waals surface area (Å²) >= 11 is 5.82. The van der Waals surface area contributed by atoms with Crippen molar-refractivity contribution in [2.24, 2.45) is 0 Å². The van der Waals surface area contributed by atoms with E-state index in [4.69, 9.17) is 11.6 Å². The fraction of sp³-hybridized carbons (Fsp3) is 0.250. The molecule has 28 heavy (non-hydrogen) atoms. The average Bonchev–Trinajstić information content (AvgIpc) is 2.62. The molecule has 2 aromatic carbocycles. The smallest absolute Gasteiger partial charge is 0.326 e. The van der Waals surface area contributed by atoms with E-state index in [2.05, 4.69) is 10.6 Å². The lowest BCUT2D eigenvalue weighted by Crippen LogP contribution is -2.52. The van der Waals surface area contributed by atoms with E-state index in [9.17, 15) is 23.9 Å². The molecule has 0 aliphatic carbocycles. The predicted molar refractivity (Wildman–Crippen MR) is 102 cm³/mol. The van der Waals surface area contributed by atoms with E-state index in [-0.39, 0.29) is 12.8 Å². The first-order chi connectivity index (χ1) is 13.2. The number of rotatable bonds is 8. The molecule has 2 rings (SSSR count). The van der Waals surface area contributed by atoms with Crippen LogP contribution in [0.2, 0.25) is 5.02 Å². The highest BCUT2D eigenvalue weighted by Crippen LogP contribution is 2.12. The van der Waals surface area contributed by atoms with Crippen LogP contribution in [0.4, 0.5) is 4.39 Å². The van der Waals surface area contributed by atoms with Gasteiger partial charge in [-0.2, -0.15) is 0 Å². The summed E-state index contributed by atoms with van der Waals surface area (Å²) in [5.74, 6) is -2.80. The second kappa shape index (κ2) is 9.85. The summed E-state index contributed by atoms with van der Waals surface area (Å²) in [6.07, 6.45) is 0.0709. The number of aliphatic carboxylic acids is 1. The van der Waals surface area contributed by atoms with E-state index in [1.807, 2.05) is 0 Å². The number of carbonyl (C=O) groups is 3. The Labute approximate surface area is 166 Å². The second-order valence-corrected chi connectivity index (χ2v) is 6.75. The summed E-state index contributed by atoms with van der Waals surface area (Å²) in [7, 11) is 0. The van der Waals surface area contributed by atoms with Crippen molar-refractivity contribution in [2.45, 2.75) is 31.8 Å². The molecule has 8 heteroatoms. The van der Waals surface area contributed by atoms with E-state index in [1.54, 1.807) is 30.3 Å². The first-order valence-electron chi connectivity index (χ1n) is 8.53. The number of halogens is 2. The van der Waals surface area contributed by atoms with Gasteiger partial charge in [-0.25, -0.2) is 9.18 Å². The minimum atomic E-state index is -1.21. The maximum absolute atomic E-state index is 13.4. The molecule has 3 N–H and O–H groups in total. The van der Waals surface area contributed by atoms with Gasteiger partial charge in [-0.1, -0.05) is 35.9 Å². The Kier molecular flexibility index (Phi) is 7.52. The van der Waals surface area contributed by atoms with Gasteiger partial charge in [-0.3, -0.25) is 9.59 Å². The summed E-state index contributed by atoms with van der Waals surface area (Å²) in [5, 5.41) is 14.9. The molecule has 148 valence electrons. The number of amides is 2. The van der Waals surface area contributed by atoms with Crippen molar-refractivity contribution in [3.05, 3.63) is 70.5 Å². The maximum Gasteiger partial charge on any atom is 0.326 e. The van der Waals surface area contributed by atoms with E-state index in [1.165, 1.54) is 25.1 Å². The molecule has 0 radical (unpaired) electrons. The number of benzene rings is 2. The van der Waals surface area contributed by atoms with E-state index in [0.717, 1.165) is 0 Å². The van der Waals surface area contributed by atoms with Crippen LogP contribution < -0.4 is 10.6 Å². The lowest BCUT2D eigenvalue weighted by atomic mass is 10.0. The van der Waals surface area contributed by atoms with Gasteiger partial charge in [-0.05, 0) is 35.4 Å². The molecular weight excluding hydrogens is 387 g/mol. The van der Waals surface area contributed by atoms with Crippen LogP contribution in [0.5, 0.6) is 0 Å². The zero-order chi connectivity index (χ0) is 20.7. The average molecular weight is 407 g/mol. The predicted octanol–water partition coefficient (Wildman–Crippen LogP) is 2.34. The standard InChI is InChI=1S/C20H20ClFN2O4/c1-12(25)23-17(11-14-3-2-4-16(22)9-14)19(26)24-18(20(27)28)10-13-5-7-15(21)8-6-13/h2-9,17-18H,10-11H2,1H3,(H,23,25)(H,24,26)(H,27,28)/t17-,18-/m1/s1. The van der Waals surface area contributed by atoms with Crippen molar-refractivity contribution in [3.63, 3.8) is 0 Å². The molecule has 0 aromatic heterocycles. The molecular formula is C20H20ClFN2O4. The molecule has 0 saturated heterocycles. The molecule has 6 nitrogen and oxygen atoms in total. The van der Waals surface area contributed by atoms with E-state index in [0.29, 0.717) is 16.1 Å². The van der Waals surface area contributed by atoms with Gasteiger partial charge in [0.05, 0.1) is 0 Å². The summed E-state index contributed by atoms with van der Waals surface area (Å²) in [6, 6.07) is 9.99. The highest BCUT2D eigenvalue weighted by molar-refractivity contribution is 6.30. The highest BCUT2D eigenvalue weighted by Gasteiger charge is 2.26. The van der Waals surface area contributed by atoms with E-state index < -0.39 is 35.7 Å². The van der Waals surface area contributed by atoms with Crippen LogP contribution >= 0.6 is 11.6 Å². The summed E-state index contributed by atoms with van der Waals surface area (Å²) in [4.78, 5) is 35.7. The van der Waals surface area contributed by atoms with Gasteiger partial charge in [0.1, 0.15) is 17.9 Å². The van der Waals surface area contributed by atoms with Gasteiger partial charge in [0.25, 0.3) is 0 Å². The van der Waals surface area contributed by atoms with Crippen LogP contribution in [0.25, 0.3) is 0 Å². The quantitative estimate of drug-likeness (QED) is 0.627. The van der Waals surface area contributed by atoms with Gasteiger partial charge < -0.3 is 15.7 Å². The third kappa shape index (κ3) is 6.66. The van der Waals surface area contributed by atoms with E-state index >= 15 is 0 Å². The molecule has 0 heterocycles. The number of carboxylic acid groups (broad SMARTS) is 1. The number of hydrogen-bond acceptors (Lipinski definition) is 3. The highest BCUT2D eigenvalue weighted by atomic mass is 35.5. The van der Waals surface area contributed by atoms with Crippen LogP contribution in [0, 0.1) is 5.82 Å². The minimum Gasteiger partial charge on any atom is -0.480 e. The molecule has 0 spiro atoms. The first-order valence-corrected chi connectivity index (χ1v) is 8.91. The molecule has 0 fully saturated rings. The van der Waals surface area contributed by atoms with Crippen LogP contribution in [-0.4, -0.2) is 35.0 Å². The van der Waals surface area contributed by atoms with Crippen molar-refractivity contribution in [2.75, 3.05) is 0 Å². The Bertz CT molecular complexity index is 858. The van der Waals surface area contributed by atoms with Crippen LogP contribution in [0.1, 0.15) is 18.1 Å². The largest absolute Gasteiger partial charge is 0.480 e. The molecule has 2 atom stereocenters. The third-order valence-electron chi connectivity index (χ3n) is 3.99. The summed E-state index contributed by atoms with van der Waals surface area (Å²) < 4.78 is 13.4. The van der Waals surface area contributed by atoms with Crippen LogP contribution in [-0.2, 0) is 27.2 Å². The topological polar surface area (TPSA) is 95.5 Å². The van der Waals surface area contributed by atoms with Crippen LogP contribution in [0.15, 0.2) is 48.5 Å². The van der Waals surface area contributed by atoms with Gasteiger partial charge in [0, 0.05) is 24.8 Å². The van der Waals surface area contributed by atoms with Crippen molar-refractivity contribution in [1.82, 2.24) is 10.6 Å². The van der Waals surface area contributed by atoms with Gasteiger partial charge in [0.2, 0.25) is 11.8 Å². The zero-order valence-corrected chi connectivity index (χ0v) is 15.9. The lowest BCUT2D eigenvalue weighted by molar-refractivity contribution is -0.142. The first kappa shape index (κ1) is 21.4. The molecule has 0 aliphatic rings. The van der Waals surface area contributed by atoms with Crippen molar-refractivity contribution in [3.8, 4) is 0 Å². The molecule has 0 aliphatic heterocycles. The fourth-order valence-corrected chi connectivity index (χ4v) is 2.81. The minimum absolute atomic E-state index is 0.0243. The van der Waals surface area contributed by atoms with Gasteiger partial charge >= 0.3 is 5.97 Å². The van der Waals surface area contributed by atoms with Crippen molar-refractivity contribution in [1.29, 1.82) is 0 Å². The number of hydrogen-bond donors (Lipinski definition) is 3. The van der Waals surface area contributed by atoms with Gasteiger partial charge in [-0.15, -0.1) is 0 Å². The summed E-state index contributed by atoms with van der Waals surface area (Å²) in [5.41, 5.74) is 1.18. The monoisotopic (exact) mass is 406 g/mol. The van der Waals surface area contributed by atoms with Gasteiger partial charge in [0.15, 0.2) is 0 Å². The maximum atomic E-state index is 13.4. The lowest BCUT2D eigenvalue weighted by Gasteiger charge is -2.21. The molecule has 2 aromatic rings. The molecule has 0 saturated carbocycles. The number of carbonyl (C=O) groups excluding carboxylic acids is 2. The Hall–Kier alpha value is -2.93. The Balaban J connectivity index is 2.12. The Morgan fingerprint density at radius 2 is 1.64 bits per heavy atom. The summed E-state index contributed by atoms with van der Waals surface area (Å²) in [6.45, 7) is 1.24. The SMILES string of the molecule is CC(=O)N[C@H](Cc1cccc(F)c1)C(=O)N[C@H](Cc1ccc(Cl)cc1)C(=O)O. The Morgan fingerprint density at radius 3 is 2.21 bits per heavy atom.